The third kappa shape index (κ3) is 6.14. The Hall–Kier alpha value is -8.76. The van der Waals surface area contributed by atoms with E-state index in [0.29, 0.717) is 0 Å². The van der Waals surface area contributed by atoms with Crippen LogP contribution in [0.3, 0.4) is 0 Å². The topological polar surface area (TPSA) is 24.9 Å². The highest BCUT2D eigenvalue weighted by Gasteiger charge is 2.61. The molecule has 10 aromatic carbocycles. The Morgan fingerprint density at radius 2 is 0.590 bits per heavy atom. The number of para-hydroxylation sites is 6. The van der Waals surface area contributed by atoms with Gasteiger partial charge in [0, 0.05) is 95.1 Å². The third-order valence-corrected chi connectivity index (χ3v) is 21.0. The van der Waals surface area contributed by atoms with Crippen LogP contribution in [0.1, 0.15) is 43.1 Å². The van der Waals surface area contributed by atoms with Crippen LogP contribution in [-0.4, -0.2) is 0 Å². The fourth-order valence-corrected chi connectivity index (χ4v) is 18.2. The largest absolute Gasteiger partial charge is 0.457 e. The van der Waals surface area contributed by atoms with Crippen molar-refractivity contribution in [1.82, 2.24) is 0 Å². The average Bonchev–Trinajstić information content (AvgIpc) is 3.35. The van der Waals surface area contributed by atoms with Crippen molar-refractivity contribution in [3.05, 3.63) is 298 Å². The minimum absolute atomic E-state index is 0.840. The van der Waals surface area contributed by atoms with E-state index in [-0.39, 0.29) is 0 Å². The molecule has 0 amide bonds. The molecule has 0 saturated heterocycles. The van der Waals surface area contributed by atoms with E-state index in [1.165, 1.54) is 61.2 Å². The number of benzene rings is 10. The monoisotopic (exact) mass is 1070 g/mol. The molecule has 17 rings (SSSR count). The van der Waals surface area contributed by atoms with Gasteiger partial charge in [0.2, 0.25) is 0 Å². The zero-order chi connectivity index (χ0) is 51.1. The Bertz CT molecular complexity index is 4300. The van der Waals surface area contributed by atoms with Crippen LogP contribution >= 0.6 is 45.3 Å². The molecule has 2 aliphatic heterocycles. The Morgan fingerprint density at radius 3 is 0.987 bits per heavy atom. The molecule has 0 saturated carbocycles. The van der Waals surface area contributed by atoms with Crippen LogP contribution in [0.25, 0.3) is 40.3 Å². The molecule has 2 spiro atoms. The van der Waals surface area contributed by atoms with Gasteiger partial charge < -0.3 is 19.3 Å². The van der Waals surface area contributed by atoms with Crippen molar-refractivity contribution in [2.45, 2.75) is 10.8 Å². The van der Waals surface area contributed by atoms with Gasteiger partial charge in [-0.2, -0.15) is 0 Å². The summed E-state index contributed by atoms with van der Waals surface area (Å²) in [5.41, 5.74) is 9.59. The second kappa shape index (κ2) is 16.9. The van der Waals surface area contributed by atoms with Crippen molar-refractivity contribution in [2.24, 2.45) is 0 Å². The molecule has 78 heavy (non-hydrogen) atoms. The van der Waals surface area contributed by atoms with Crippen LogP contribution in [-0.2, 0) is 10.8 Å². The molecule has 0 fully saturated rings. The molecule has 368 valence electrons. The summed E-state index contributed by atoms with van der Waals surface area (Å²) in [6.45, 7) is 0. The van der Waals surface area contributed by atoms with Crippen molar-refractivity contribution in [3.63, 3.8) is 0 Å². The normalized spacial score (nSPS) is 14.1. The number of hydrogen-bond donors (Lipinski definition) is 0. The van der Waals surface area contributed by atoms with E-state index in [2.05, 4.69) is 265 Å². The fourth-order valence-electron chi connectivity index (χ4n) is 13.1. The van der Waals surface area contributed by atoms with E-state index >= 15 is 0 Å². The number of rotatable bonds is 6. The zero-order valence-corrected chi connectivity index (χ0v) is 44.9. The highest BCUT2D eigenvalue weighted by Crippen LogP contribution is 2.71. The molecule has 14 aromatic rings. The van der Waals surface area contributed by atoms with E-state index in [1.54, 1.807) is 0 Å². The molecular formula is C70H42N2O2S4. The minimum atomic E-state index is -0.840. The van der Waals surface area contributed by atoms with Gasteiger partial charge in [-0.25, -0.2) is 0 Å². The van der Waals surface area contributed by atoms with Gasteiger partial charge in [0.15, 0.2) is 0 Å². The van der Waals surface area contributed by atoms with E-state index in [1.807, 2.05) is 45.3 Å². The first kappa shape index (κ1) is 44.4. The Morgan fingerprint density at radius 1 is 0.256 bits per heavy atom. The van der Waals surface area contributed by atoms with Gasteiger partial charge in [0.05, 0.1) is 10.8 Å². The number of fused-ring (bicyclic) bond motifs is 20. The van der Waals surface area contributed by atoms with Crippen molar-refractivity contribution in [1.29, 1.82) is 0 Å². The molecule has 0 atom stereocenters. The summed E-state index contributed by atoms with van der Waals surface area (Å²) in [5, 5.41) is 7.29. The number of nitrogens with zero attached hydrogens (tertiary/aromatic N) is 2. The Labute approximate surface area is 466 Å². The van der Waals surface area contributed by atoms with Gasteiger partial charge in [0.1, 0.15) is 33.0 Å². The summed E-state index contributed by atoms with van der Waals surface area (Å²) in [5.74, 6) is 3.40. The molecule has 8 heteroatoms. The van der Waals surface area contributed by atoms with E-state index < -0.39 is 10.8 Å². The van der Waals surface area contributed by atoms with E-state index in [4.69, 9.17) is 9.47 Å². The SMILES string of the molecule is c1ccc(N(c2ccc3sc4ccccc4c3c2)c2cc3c(s2)C2(c4ccccc4Oc4ccccc42)c2cc(N(c4ccccc4)c4ccc5sc6ccccc6c5c4)sc2C32c3ccccc3Oc3ccccc32)cc1. The molecule has 0 bridgehead atoms. The number of anilines is 6. The quantitative estimate of drug-likeness (QED) is 0.166. The maximum atomic E-state index is 7.08. The maximum Gasteiger partial charge on any atom is 0.132 e. The molecule has 1 aliphatic carbocycles. The molecular weight excluding hydrogens is 1030 g/mol. The summed E-state index contributed by atoms with van der Waals surface area (Å²) >= 11 is 7.50. The zero-order valence-electron chi connectivity index (χ0n) is 41.6. The van der Waals surface area contributed by atoms with Gasteiger partial charge in [0.25, 0.3) is 0 Å². The third-order valence-electron chi connectivity index (χ3n) is 16.2. The summed E-state index contributed by atoms with van der Waals surface area (Å²) in [6, 6.07) is 93.6. The van der Waals surface area contributed by atoms with Crippen LogP contribution in [0.4, 0.5) is 32.8 Å². The first-order valence-corrected chi connectivity index (χ1v) is 29.5. The van der Waals surface area contributed by atoms with Crippen molar-refractivity contribution < 1.29 is 9.47 Å². The molecule has 4 nitrogen and oxygen atoms in total. The van der Waals surface area contributed by atoms with Gasteiger partial charge in [-0.3, -0.25) is 0 Å². The Kier molecular flexibility index (Phi) is 9.60. The second-order valence-corrected chi connectivity index (χ2v) is 24.5. The lowest BCUT2D eigenvalue weighted by Crippen LogP contribution is -2.45. The fraction of sp³-hybridized carbons (Fsp3) is 0.0286. The summed E-state index contributed by atoms with van der Waals surface area (Å²) in [4.78, 5) is 7.46. The lowest BCUT2D eigenvalue weighted by molar-refractivity contribution is 0.418. The highest BCUT2D eigenvalue weighted by molar-refractivity contribution is 7.26. The van der Waals surface area contributed by atoms with Crippen LogP contribution in [0.5, 0.6) is 23.0 Å². The summed E-state index contributed by atoms with van der Waals surface area (Å²) in [6.07, 6.45) is 0. The predicted octanol–water partition coefficient (Wildman–Crippen LogP) is 20.8. The second-order valence-electron chi connectivity index (χ2n) is 20.2. The lowest BCUT2D eigenvalue weighted by Gasteiger charge is -2.50. The number of hydrogen-bond acceptors (Lipinski definition) is 8. The number of ether oxygens (including phenoxy) is 2. The van der Waals surface area contributed by atoms with Gasteiger partial charge in [-0.05, 0) is 120 Å². The summed E-state index contributed by atoms with van der Waals surface area (Å²) < 4.78 is 19.3. The predicted molar refractivity (Wildman–Crippen MR) is 328 cm³/mol. The van der Waals surface area contributed by atoms with Gasteiger partial charge in [-0.1, -0.05) is 146 Å². The van der Waals surface area contributed by atoms with Gasteiger partial charge in [-0.15, -0.1) is 45.3 Å². The highest BCUT2D eigenvalue weighted by atomic mass is 32.1. The lowest BCUT2D eigenvalue weighted by atomic mass is 9.54. The molecule has 0 radical (unpaired) electrons. The molecule has 3 aliphatic rings. The van der Waals surface area contributed by atoms with Crippen molar-refractivity contribution in [3.8, 4) is 23.0 Å². The molecule has 4 aromatic heterocycles. The molecule has 6 heterocycles. The molecule has 0 N–H and O–H groups in total. The van der Waals surface area contributed by atoms with E-state index in [9.17, 15) is 0 Å². The van der Waals surface area contributed by atoms with Gasteiger partial charge >= 0.3 is 0 Å². The Balaban J connectivity index is 1.02. The van der Waals surface area contributed by atoms with Crippen LogP contribution < -0.4 is 19.3 Å². The van der Waals surface area contributed by atoms with Crippen molar-refractivity contribution in [2.75, 3.05) is 9.80 Å². The van der Waals surface area contributed by atoms with Crippen LogP contribution in [0.15, 0.2) is 255 Å². The smallest absolute Gasteiger partial charge is 0.132 e. The number of thiophene rings is 4. The first-order chi connectivity index (χ1) is 38.6. The van der Waals surface area contributed by atoms with Crippen LogP contribution in [0.2, 0.25) is 0 Å². The minimum Gasteiger partial charge on any atom is -0.457 e. The maximum absolute atomic E-state index is 7.08. The first-order valence-electron chi connectivity index (χ1n) is 26.2. The standard InChI is InChI=1S/C70H42N2O2S4/c1-3-19-43(20-4-1)71(45-35-37-63-49(39-45)47-23-7-17-33-61(47)75-63)65-41-55-67(77-65)70(53-27-11-15-31-59(53)74-60-32-16-12-28-54(60)70)56-42-66(78-68(56)69(55)51-25-9-13-29-57(51)73-58-30-14-10-26-52(58)69)72(44-21-5-2-6-22-44)46-36-38-64-50(40-46)48-24-8-18-34-62(48)76-64/h1-42H. The molecule has 0 unspecified atom stereocenters. The van der Waals surface area contributed by atoms with Crippen molar-refractivity contribution >= 4 is 118 Å². The van der Waals surface area contributed by atoms with E-state index in [0.717, 1.165) is 78.0 Å². The van der Waals surface area contributed by atoms with Crippen LogP contribution in [0, 0.1) is 0 Å². The average molecular weight is 1070 g/mol. The summed E-state index contributed by atoms with van der Waals surface area (Å²) in [7, 11) is 0.